The van der Waals surface area contributed by atoms with Gasteiger partial charge in [-0.15, -0.1) is 0 Å². The molecule has 3 heterocycles. The molecule has 0 aliphatic carbocycles. The van der Waals surface area contributed by atoms with Crippen LogP contribution in [0.5, 0.6) is 0 Å². The first-order valence-electron chi connectivity index (χ1n) is 13.5. The van der Waals surface area contributed by atoms with Crippen LogP contribution in [-0.4, -0.2) is 85.7 Å². The Balaban J connectivity index is 1.50. The number of anilines is 1. The van der Waals surface area contributed by atoms with Crippen LogP contribution in [0.4, 0.5) is 10.1 Å². The molecule has 1 aliphatic heterocycles. The first kappa shape index (κ1) is 30.1. The number of piperazine rings is 1. The fourth-order valence-electron chi connectivity index (χ4n) is 5.00. The van der Waals surface area contributed by atoms with Crippen molar-refractivity contribution in [1.29, 1.82) is 5.26 Å². The van der Waals surface area contributed by atoms with E-state index in [1.165, 1.54) is 22.8 Å². The maximum atomic E-state index is 13.7. The predicted octanol–water partition coefficient (Wildman–Crippen LogP) is 1.73. The van der Waals surface area contributed by atoms with Crippen LogP contribution in [0, 0.1) is 17.1 Å². The average Bonchev–Trinajstić information content (AvgIpc) is 2.97. The van der Waals surface area contributed by atoms with Crippen molar-refractivity contribution in [2.75, 3.05) is 64.1 Å². The number of halogens is 1. The first-order valence-corrected chi connectivity index (χ1v) is 13.5. The number of nitrogens with two attached hydrogens (primary N) is 1. The number of rotatable bonds is 12. The number of hydrogen-bond acceptors (Lipinski definition) is 10. The number of esters is 1. The maximum Gasteiger partial charge on any atom is 0.328 e. The predicted molar refractivity (Wildman–Crippen MR) is 151 cm³/mol. The Hall–Kier alpha value is -3.89. The lowest BCUT2D eigenvalue weighted by Gasteiger charge is -2.43. The van der Waals surface area contributed by atoms with Crippen molar-refractivity contribution >= 4 is 22.7 Å². The molecule has 0 bridgehead atoms. The van der Waals surface area contributed by atoms with Crippen LogP contribution in [0.1, 0.15) is 24.2 Å². The zero-order valence-electron chi connectivity index (χ0n) is 23.3. The second-order valence-electron chi connectivity index (χ2n) is 9.78. The molecule has 2 atom stereocenters. The van der Waals surface area contributed by atoms with Crippen LogP contribution in [0.2, 0.25) is 0 Å². The van der Waals surface area contributed by atoms with Gasteiger partial charge in [0, 0.05) is 45.3 Å². The molecule has 1 fully saturated rings. The molecule has 1 saturated heterocycles. The summed E-state index contributed by atoms with van der Waals surface area (Å²) in [6, 6.07) is 11.9. The van der Waals surface area contributed by atoms with Gasteiger partial charge in [0.05, 0.1) is 37.6 Å². The largest absolute Gasteiger partial charge is 0.462 e. The maximum absolute atomic E-state index is 13.7. The van der Waals surface area contributed by atoms with Crippen molar-refractivity contribution in [2.45, 2.75) is 19.0 Å². The number of carbonyl (C=O) groups excluding carboxylic acids is 1. The number of pyridine rings is 2. The summed E-state index contributed by atoms with van der Waals surface area (Å²) in [6.45, 7) is 5.34. The number of aryl methyl sites for hydroxylation is 1. The highest BCUT2D eigenvalue weighted by Gasteiger charge is 2.35. The lowest BCUT2D eigenvalue weighted by atomic mass is 10.0. The van der Waals surface area contributed by atoms with Gasteiger partial charge in [-0.05, 0) is 36.8 Å². The minimum Gasteiger partial charge on any atom is -0.462 e. The van der Waals surface area contributed by atoms with E-state index in [0.29, 0.717) is 68.3 Å². The smallest absolute Gasteiger partial charge is 0.328 e. The molecule has 41 heavy (non-hydrogen) atoms. The van der Waals surface area contributed by atoms with Gasteiger partial charge in [-0.1, -0.05) is 12.1 Å². The van der Waals surface area contributed by atoms with Gasteiger partial charge < -0.3 is 29.4 Å². The lowest BCUT2D eigenvalue weighted by Crippen LogP contribution is -2.54. The third kappa shape index (κ3) is 7.25. The molecular weight excluding hydrogens is 531 g/mol. The van der Waals surface area contributed by atoms with Gasteiger partial charge in [-0.2, -0.15) is 5.26 Å². The summed E-state index contributed by atoms with van der Waals surface area (Å²) < 4.78 is 31.5. The Morgan fingerprint density at radius 2 is 1.83 bits per heavy atom. The average molecular weight is 567 g/mol. The molecule has 0 saturated carbocycles. The zero-order valence-corrected chi connectivity index (χ0v) is 23.3. The van der Waals surface area contributed by atoms with Crippen molar-refractivity contribution < 1.29 is 23.4 Å². The molecule has 2 N–H and O–H groups in total. The van der Waals surface area contributed by atoms with Crippen LogP contribution in [0.3, 0.4) is 0 Å². The number of nitriles is 1. The molecule has 1 aliphatic rings. The van der Waals surface area contributed by atoms with Crippen molar-refractivity contribution in [3.63, 3.8) is 0 Å². The summed E-state index contributed by atoms with van der Waals surface area (Å²) in [5.74, 6) is -0.856. The number of benzene rings is 1. The van der Waals surface area contributed by atoms with E-state index >= 15 is 0 Å². The molecule has 2 aromatic heterocycles. The van der Waals surface area contributed by atoms with Gasteiger partial charge in [-0.25, -0.2) is 14.2 Å². The SMILES string of the molecule is CC1CN(C(C(=O)OCCOCCOCCN)c2ccc(F)cc2)CCN1c1cc(=O)n(C)c2ccc(C#N)nc12. The summed E-state index contributed by atoms with van der Waals surface area (Å²) >= 11 is 0. The van der Waals surface area contributed by atoms with E-state index in [-0.39, 0.29) is 30.5 Å². The highest BCUT2D eigenvalue weighted by Crippen LogP contribution is 2.31. The first-order chi connectivity index (χ1) is 19.8. The van der Waals surface area contributed by atoms with Gasteiger partial charge in [0.2, 0.25) is 0 Å². The second-order valence-corrected chi connectivity index (χ2v) is 9.78. The Morgan fingerprint density at radius 3 is 2.51 bits per heavy atom. The molecule has 11 nitrogen and oxygen atoms in total. The minimum absolute atomic E-state index is 0.0646. The second kappa shape index (κ2) is 14.1. The van der Waals surface area contributed by atoms with Crippen molar-refractivity contribution in [3.05, 3.63) is 69.9 Å². The fraction of sp³-hybridized carbons (Fsp3) is 0.448. The molecule has 0 radical (unpaired) electrons. The van der Waals surface area contributed by atoms with Crippen molar-refractivity contribution in [2.24, 2.45) is 12.8 Å². The Kier molecular flexibility index (Phi) is 10.4. The Morgan fingerprint density at radius 1 is 1.12 bits per heavy atom. The summed E-state index contributed by atoms with van der Waals surface area (Å²) in [5.41, 5.74) is 7.91. The molecule has 2 unspecified atom stereocenters. The van der Waals surface area contributed by atoms with Gasteiger partial charge in [-0.3, -0.25) is 9.69 Å². The summed E-state index contributed by atoms with van der Waals surface area (Å²) in [4.78, 5) is 34.7. The molecule has 4 rings (SSSR count). The molecule has 12 heteroatoms. The monoisotopic (exact) mass is 566 g/mol. The zero-order chi connectivity index (χ0) is 29.4. The molecule has 3 aromatic rings. The van der Waals surface area contributed by atoms with Crippen LogP contribution in [0.25, 0.3) is 11.0 Å². The Bertz CT molecular complexity index is 1440. The van der Waals surface area contributed by atoms with Crippen LogP contribution < -0.4 is 16.2 Å². The quantitative estimate of drug-likeness (QED) is 0.255. The molecule has 218 valence electrons. The number of hydrogen-bond donors (Lipinski definition) is 1. The van der Waals surface area contributed by atoms with Gasteiger partial charge in [0.25, 0.3) is 5.56 Å². The minimum atomic E-state index is -0.753. The number of aromatic nitrogens is 2. The van der Waals surface area contributed by atoms with E-state index in [9.17, 15) is 19.2 Å². The van der Waals surface area contributed by atoms with Gasteiger partial charge >= 0.3 is 5.97 Å². The highest BCUT2D eigenvalue weighted by atomic mass is 19.1. The third-order valence-corrected chi connectivity index (χ3v) is 7.03. The standard InChI is InChI=1S/C29H35FN6O5/c1-20-19-35(10-11-36(20)25-17-26(37)34(2)24-8-7-23(18-32)33-27(24)25)28(21-3-5-22(30)6-4-21)29(38)41-16-15-40-14-13-39-12-9-31/h3-8,17,20,28H,9-16,19,31H2,1-2H3. The number of carbonyl (C=O) groups is 1. The molecular formula is C29H35FN6O5. The van der Waals surface area contributed by atoms with Crippen molar-refractivity contribution in [3.8, 4) is 6.07 Å². The summed E-state index contributed by atoms with van der Waals surface area (Å²) in [7, 11) is 1.67. The van der Waals surface area contributed by atoms with Crippen LogP contribution in [0.15, 0.2) is 47.3 Å². The fourth-order valence-corrected chi connectivity index (χ4v) is 5.00. The topological polar surface area (TPSA) is 136 Å². The van der Waals surface area contributed by atoms with Crippen LogP contribution in [-0.2, 0) is 26.1 Å². The summed E-state index contributed by atoms with van der Waals surface area (Å²) in [6.07, 6.45) is 0. The van der Waals surface area contributed by atoms with E-state index < -0.39 is 17.8 Å². The van der Waals surface area contributed by atoms with Gasteiger partial charge in [0.15, 0.2) is 0 Å². The lowest BCUT2D eigenvalue weighted by molar-refractivity contribution is -0.152. The van der Waals surface area contributed by atoms with E-state index in [1.54, 1.807) is 31.3 Å². The van der Waals surface area contributed by atoms with Crippen molar-refractivity contribution in [1.82, 2.24) is 14.5 Å². The highest BCUT2D eigenvalue weighted by molar-refractivity contribution is 5.89. The Labute approximate surface area is 237 Å². The van der Waals surface area contributed by atoms with E-state index in [1.807, 2.05) is 11.8 Å². The molecule has 0 amide bonds. The van der Waals surface area contributed by atoms with Gasteiger partial charge in [0.1, 0.15) is 35.7 Å². The third-order valence-electron chi connectivity index (χ3n) is 7.03. The van der Waals surface area contributed by atoms with Crippen LogP contribution >= 0.6 is 0 Å². The number of ether oxygens (including phenoxy) is 3. The normalized spacial score (nSPS) is 16.5. The van der Waals surface area contributed by atoms with E-state index in [2.05, 4.69) is 16.0 Å². The number of fused-ring (bicyclic) bond motifs is 1. The summed E-state index contributed by atoms with van der Waals surface area (Å²) in [5, 5.41) is 9.40. The number of nitrogens with zero attached hydrogens (tertiary/aromatic N) is 5. The molecule has 0 spiro atoms. The molecule has 1 aromatic carbocycles. The van der Waals surface area contributed by atoms with E-state index in [4.69, 9.17) is 19.9 Å². The van der Waals surface area contributed by atoms with E-state index in [0.717, 1.165) is 0 Å².